The van der Waals surface area contributed by atoms with Crippen LogP contribution in [0.15, 0.2) is 47.5 Å². The van der Waals surface area contributed by atoms with Crippen molar-refractivity contribution in [2.24, 2.45) is 10.7 Å². The molecule has 0 saturated carbocycles. The number of likely N-dealkylation sites (N-methyl/N-ethyl adjacent to an activating group) is 1. The summed E-state index contributed by atoms with van der Waals surface area (Å²) < 4.78 is 10.5. The molecule has 0 spiro atoms. The number of halogens is 2. The topological polar surface area (TPSA) is 119 Å². The number of rotatable bonds is 7. The number of carbonyl (C=O) groups excluding carboxylic acids is 1. The molecule has 0 radical (unpaired) electrons. The van der Waals surface area contributed by atoms with Gasteiger partial charge in [-0.3, -0.25) is 9.79 Å². The zero-order valence-corrected chi connectivity index (χ0v) is 24.1. The molecule has 0 aliphatic carbocycles. The first-order valence-corrected chi connectivity index (χ1v) is 13.1. The number of pyridine rings is 1. The lowest BCUT2D eigenvalue weighted by Crippen LogP contribution is -2.46. The molecule has 3 aromatic rings. The van der Waals surface area contributed by atoms with E-state index in [9.17, 15) is 4.79 Å². The van der Waals surface area contributed by atoms with E-state index in [0.29, 0.717) is 44.2 Å². The summed E-state index contributed by atoms with van der Waals surface area (Å²) in [5.74, 6) is 1.35. The summed E-state index contributed by atoms with van der Waals surface area (Å²) in [7, 11) is 4.58. The fourth-order valence-electron chi connectivity index (χ4n) is 4.15. The minimum Gasteiger partial charge on any atom is -0.495 e. The van der Waals surface area contributed by atoms with Crippen molar-refractivity contribution < 1.29 is 14.3 Å². The van der Waals surface area contributed by atoms with Crippen molar-refractivity contribution in [3.63, 3.8) is 0 Å². The smallest absolute Gasteiger partial charge is 0.150 e. The Balaban J connectivity index is 0.000000230. The maximum Gasteiger partial charge on any atom is 0.150 e. The third-order valence-electron chi connectivity index (χ3n) is 6.49. The van der Waals surface area contributed by atoms with Crippen LogP contribution in [0.3, 0.4) is 0 Å². The third kappa shape index (κ3) is 7.11. The Morgan fingerprint density at radius 3 is 2.08 bits per heavy atom. The number of hydrogen-bond donors (Lipinski definition) is 2. The monoisotopic (exact) mass is 572 g/mol. The first-order valence-electron chi connectivity index (χ1n) is 12.4. The van der Waals surface area contributed by atoms with Gasteiger partial charge < -0.3 is 30.7 Å². The zero-order chi connectivity index (χ0) is 28.5. The molecule has 0 amide bonds. The van der Waals surface area contributed by atoms with E-state index in [1.165, 1.54) is 19.9 Å². The molecule has 1 aliphatic rings. The van der Waals surface area contributed by atoms with Crippen LogP contribution in [0, 0.1) is 0 Å². The molecule has 1 fully saturated rings. The highest BCUT2D eigenvalue weighted by Gasteiger charge is 2.20. The second-order valence-electron chi connectivity index (χ2n) is 8.65. The zero-order valence-electron chi connectivity index (χ0n) is 22.6. The van der Waals surface area contributed by atoms with Gasteiger partial charge in [-0.05, 0) is 42.9 Å². The quantitative estimate of drug-likeness (QED) is 0.239. The fraction of sp³-hybridized carbons (Fsp3) is 0.321. The van der Waals surface area contributed by atoms with Gasteiger partial charge in [-0.2, -0.15) is 0 Å². The van der Waals surface area contributed by atoms with Crippen LogP contribution < -0.4 is 25.8 Å². The lowest BCUT2D eigenvalue weighted by molar-refractivity contribution is 0.112. The summed E-state index contributed by atoms with van der Waals surface area (Å²) in [6.45, 7) is 7.76. The molecular weight excluding hydrogens is 539 g/mol. The molecule has 2 aromatic carbocycles. The first kappa shape index (κ1) is 30.0. The van der Waals surface area contributed by atoms with Crippen molar-refractivity contribution >= 4 is 46.8 Å². The van der Waals surface area contributed by atoms with Crippen LogP contribution in [0.4, 0.5) is 11.5 Å². The number of nitrogens with zero attached hydrogens (tertiary/aromatic N) is 4. The SMILES string of the molecule is CCN1CCN(c2ccc(C=O)cc2)CC1.CN=C(N)c1ccc(-c2c(Cl)c(OC)cc(OC)c2Cl)nc1N. The lowest BCUT2D eigenvalue weighted by Gasteiger charge is -2.35. The number of aliphatic imine (C=N–C) groups is 1. The Kier molecular flexibility index (Phi) is 10.8. The molecule has 1 saturated heterocycles. The number of aromatic nitrogens is 1. The highest BCUT2D eigenvalue weighted by atomic mass is 35.5. The molecule has 11 heteroatoms. The number of hydrogen-bond acceptors (Lipinski definition) is 8. The molecule has 0 unspecified atom stereocenters. The second-order valence-corrected chi connectivity index (χ2v) is 9.41. The standard InChI is InChI=1S/C15H16Cl2N4O2.C13H18N2O/c1-20-14(18)7-4-5-8(21-15(7)19)11-12(16)9(22-2)6-10(23-3)13(11)17;1-2-14-7-9-15(10-8-14)13-5-3-12(11-16)4-6-13/h4-6H,1-3H3,(H2,18,20)(H2,19,21);3-6,11H,2,7-10H2,1H3. The lowest BCUT2D eigenvalue weighted by atomic mass is 10.1. The van der Waals surface area contributed by atoms with Gasteiger partial charge in [0.25, 0.3) is 0 Å². The van der Waals surface area contributed by atoms with Crippen LogP contribution in [0.25, 0.3) is 11.3 Å². The van der Waals surface area contributed by atoms with E-state index in [-0.39, 0.29) is 5.82 Å². The summed E-state index contributed by atoms with van der Waals surface area (Å²) in [6, 6.07) is 12.8. The van der Waals surface area contributed by atoms with Crippen molar-refractivity contribution in [1.29, 1.82) is 0 Å². The van der Waals surface area contributed by atoms with Gasteiger partial charge in [0.05, 0.1) is 35.5 Å². The van der Waals surface area contributed by atoms with Crippen LogP contribution in [0.2, 0.25) is 10.0 Å². The molecule has 1 aliphatic heterocycles. The molecule has 4 N–H and O–H groups in total. The Morgan fingerprint density at radius 2 is 1.62 bits per heavy atom. The van der Waals surface area contributed by atoms with Crippen molar-refractivity contribution in [3.05, 3.63) is 63.6 Å². The van der Waals surface area contributed by atoms with Crippen molar-refractivity contribution in [2.75, 3.05) is 64.6 Å². The van der Waals surface area contributed by atoms with Crippen molar-refractivity contribution in [2.45, 2.75) is 6.92 Å². The molecule has 0 atom stereocenters. The average Bonchev–Trinajstić information content (AvgIpc) is 2.97. The number of nitrogen functional groups attached to an aromatic ring is 1. The van der Waals surface area contributed by atoms with E-state index >= 15 is 0 Å². The van der Waals surface area contributed by atoms with Gasteiger partial charge in [-0.25, -0.2) is 4.98 Å². The number of aldehydes is 1. The van der Waals surface area contributed by atoms with Gasteiger partial charge in [0.1, 0.15) is 29.4 Å². The van der Waals surface area contributed by atoms with E-state index in [4.69, 9.17) is 44.1 Å². The Labute approximate surface area is 239 Å². The van der Waals surface area contributed by atoms with E-state index < -0.39 is 0 Å². The molecule has 0 bridgehead atoms. The predicted octanol–water partition coefficient (Wildman–Crippen LogP) is 4.63. The maximum atomic E-state index is 10.6. The van der Waals surface area contributed by atoms with Crippen molar-refractivity contribution in [3.8, 4) is 22.8 Å². The van der Waals surface area contributed by atoms with E-state index in [0.717, 1.165) is 44.6 Å². The van der Waals surface area contributed by atoms with Crippen molar-refractivity contribution in [1.82, 2.24) is 9.88 Å². The van der Waals surface area contributed by atoms with Gasteiger partial charge in [0, 0.05) is 56.1 Å². The number of anilines is 2. The Morgan fingerprint density at radius 1 is 1.03 bits per heavy atom. The third-order valence-corrected chi connectivity index (χ3v) is 7.24. The van der Waals surface area contributed by atoms with E-state index in [1.54, 1.807) is 25.2 Å². The molecule has 39 heavy (non-hydrogen) atoms. The molecule has 2 heterocycles. The molecular formula is C28H34Cl2N6O3. The van der Waals surface area contributed by atoms with Crippen LogP contribution >= 0.6 is 23.2 Å². The summed E-state index contributed by atoms with van der Waals surface area (Å²) in [5, 5.41) is 0.630. The number of piperazine rings is 1. The average molecular weight is 574 g/mol. The number of amidine groups is 1. The van der Waals surface area contributed by atoms with Crippen LogP contribution in [0.5, 0.6) is 11.5 Å². The van der Waals surface area contributed by atoms with Gasteiger partial charge in [-0.15, -0.1) is 0 Å². The first-order chi connectivity index (χ1) is 18.8. The highest BCUT2D eigenvalue weighted by molar-refractivity contribution is 6.41. The van der Waals surface area contributed by atoms with Crippen LogP contribution in [0.1, 0.15) is 22.8 Å². The van der Waals surface area contributed by atoms with Crippen LogP contribution in [-0.2, 0) is 0 Å². The fourth-order valence-corrected chi connectivity index (χ4v) is 4.84. The van der Waals surface area contributed by atoms with Gasteiger partial charge in [0.15, 0.2) is 0 Å². The Hall–Kier alpha value is -3.53. The normalized spacial score (nSPS) is 13.9. The van der Waals surface area contributed by atoms with Gasteiger partial charge in [-0.1, -0.05) is 30.1 Å². The van der Waals surface area contributed by atoms with E-state index in [1.807, 2.05) is 24.3 Å². The second kappa shape index (κ2) is 14.0. The summed E-state index contributed by atoms with van der Waals surface area (Å²) >= 11 is 12.7. The summed E-state index contributed by atoms with van der Waals surface area (Å²) in [5.41, 5.74) is 15.2. The largest absolute Gasteiger partial charge is 0.495 e. The highest BCUT2D eigenvalue weighted by Crippen LogP contribution is 2.45. The number of ether oxygens (including phenoxy) is 2. The maximum absolute atomic E-state index is 10.6. The minimum absolute atomic E-state index is 0.222. The summed E-state index contributed by atoms with van der Waals surface area (Å²) in [4.78, 5) is 23.6. The molecule has 1 aromatic heterocycles. The Bertz CT molecular complexity index is 1280. The van der Waals surface area contributed by atoms with E-state index in [2.05, 4.69) is 26.7 Å². The van der Waals surface area contributed by atoms with Gasteiger partial charge >= 0.3 is 0 Å². The summed E-state index contributed by atoms with van der Waals surface area (Å²) in [6.07, 6.45) is 0.888. The van der Waals surface area contributed by atoms with Gasteiger partial charge in [0.2, 0.25) is 0 Å². The number of benzene rings is 2. The molecule has 4 rings (SSSR count). The predicted molar refractivity (Wildman–Crippen MR) is 160 cm³/mol. The number of nitrogens with two attached hydrogens (primary N) is 2. The molecule has 9 nitrogen and oxygen atoms in total. The molecule has 208 valence electrons. The number of methoxy groups -OCH3 is 2. The minimum atomic E-state index is 0.222. The van der Waals surface area contributed by atoms with Crippen LogP contribution in [-0.4, -0.2) is 76.0 Å². The number of carbonyl (C=O) groups is 1.